The highest BCUT2D eigenvalue weighted by atomic mass is 32.1. The summed E-state index contributed by atoms with van der Waals surface area (Å²) in [6.07, 6.45) is 0. The quantitative estimate of drug-likeness (QED) is 0.489. The van der Waals surface area contributed by atoms with Crippen molar-refractivity contribution in [3.05, 3.63) is 55.9 Å². The standard InChI is InChI=1S/C13H9N3O4S/c14-7-3-1-6(2-4-7)9-5-8(10(21-9)13(19)20)15-16-11(17)12(16)18/h1-5,15H,14H2,(H,19,20). The molecule has 3 rings (SSSR count). The summed E-state index contributed by atoms with van der Waals surface area (Å²) >= 11 is 1.05. The van der Waals surface area contributed by atoms with Gasteiger partial charge in [0.1, 0.15) is 4.88 Å². The van der Waals surface area contributed by atoms with Crippen molar-refractivity contribution in [1.29, 1.82) is 0 Å². The van der Waals surface area contributed by atoms with Crippen LogP contribution in [0.4, 0.5) is 11.4 Å². The fourth-order valence-corrected chi connectivity index (χ4v) is 2.73. The molecule has 0 amide bonds. The molecule has 1 aromatic carbocycles. The number of nitrogen functional groups attached to an aromatic ring is 1. The molecule has 3 aromatic rings. The monoisotopic (exact) mass is 303 g/mol. The normalized spacial score (nSPS) is 10.9. The van der Waals surface area contributed by atoms with E-state index in [0.29, 0.717) is 10.6 Å². The number of carbonyl (C=O) groups is 1. The van der Waals surface area contributed by atoms with Crippen molar-refractivity contribution in [1.82, 2.24) is 4.68 Å². The lowest BCUT2D eigenvalue weighted by Crippen LogP contribution is -2.09. The minimum atomic E-state index is -1.13. The van der Waals surface area contributed by atoms with Crippen LogP contribution in [0.25, 0.3) is 10.4 Å². The third-order valence-corrected chi connectivity index (χ3v) is 4.07. The number of nitrogens with one attached hydrogen (secondary N) is 1. The van der Waals surface area contributed by atoms with Crippen LogP contribution in [0.3, 0.4) is 0 Å². The Morgan fingerprint density at radius 1 is 1.19 bits per heavy atom. The molecule has 8 heteroatoms. The molecule has 2 aromatic heterocycles. The van der Waals surface area contributed by atoms with Gasteiger partial charge in [-0.05, 0) is 23.8 Å². The van der Waals surface area contributed by atoms with Crippen LogP contribution in [0.2, 0.25) is 0 Å². The number of benzene rings is 1. The summed E-state index contributed by atoms with van der Waals surface area (Å²) in [5.41, 5.74) is 8.35. The van der Waals surface area contributed by atoms with Gasteiger partial charge in [0.05, 0.1) is 5.69 Å². The van der Waals surface area contributed by atoms with Gasteiger partial charge < -0.3 is 10.8 Å². The molecular weight excluding hydrogens is 294 g/mol. The molecule has 21 heavy (non-hydrogen) atoms. The molecule has 4 N–H and O–H groups in total. The third-order valence-electron chi connectivity index (χ3n) is 2.89. The molecule has 0 aliphatic carbocycles. The Balaban J connectivity index is 2.02. The summed E-state index contributed by atoms with van der Waals surface area (Å²) in [6.45, 7) is 0. The fraction of sp³-hybridized carbons (Fsp3) is 0. The van der Waals surface area contributed by atoms with E-state index in [1.54, 1.807) is 30.3 Å². The van der Waals surface area contributed by atoms with Gasteiger partial charge in [0.2, 0.25) is 0 Å². The van der Waals surface area contributed by atoms with Gasteiger partial charge >= 0.3 is 17.1 Å². The van der Waals surface area contributed by atoms with Crippen LogP contribution < -0.4 is 22.3 Å². The topological polar surface area (TPSA) is 114 Å². The van der Waals surface area contributed by atoms with Crippen molar-refractivity contribution in [3.8, 4) is 10.4 Å². The summed E-state index contributed by atoms with van der Waals surface area (Å²) in [5, 5.41) is 9.20. The van der Waals surface area contributed by atoms with E-state index in [-0.39, 0.29) is 10.6 Å². The average molecular weight is 303 g/mol. The minimum absolute atomic E-state index is 0.0225. The number of nitrogens with zero attached hydrogens (tertiary/aromatic N) is 1. The summed E-state index contributed by atoms with van der Waals surface area (Å²) in [7, 11) is 0. The molecule has 7 nitrogen and oxygen atoms in total. The van der Waals surface area contributed by atoms with Crippen LogP contribution >= 0.6 is 11.3 Å². The number of nitrogens with two attached hydrogens (primary N) is 1. The Labute approximate surface area is 121 Å². The fourth-order valence-electron chi connectivity index (χ4n) is 1.78. The molecule has 0 saturated heterocycles. The lowest BCUT2D eigenvalue weighted by molar-refractivity contribution is 0.0703. The lowest BCUT2D eigenvalue weighted by atomic mass is 10.1. The average Bonchev–Trinajstić information content (AvgIpc) is 2.88. The highest BCUT2D eigenvalue weighted by Gasteiger charge is 2.22. The van der Waals surface area contributed by atoms with E-state index in [0.717, 1.165) is 21.6 Å². The number of hydrogen-bond donors (Lipinski definition) is 3. The zero-order chi connectivity index (χ0) is 15.1. The van der Waals surface area contributed by atoms with Gasteiger partial charge in [-0.3, -0.25) is 15.0 Å². The number of aromatic carboxylic acids is 1. The summed E-state index contributed by atoms with van der Waals surface area (Å²) < 4.78 is 0.765. The van der Waals surface area contributed by atoms with Gasteiger partial charge in [0.25, 0.3) is 0 Å². The van der Waals surface area contributed by atoms with E-state index in [1.165, 1.54) is 0 Å². The van der Waals surface area contributed by atoms with Gasteiger partial charge in [-0.1, -0.05) is 12.1 Å². The largest absolute Gasteiger partial charge is 0.477 e. The van der Waals surface area contributed by atoms with Crippen molar-refractivity contribution in [2.75, 3.05) is 11.2 Å². The van der Waals surface area contributed by atoms with Crippen LogP contribution in [0.5, 0.6) is 0 Å². The summed E-state index contributed by atoms with van der Waals surface area (Å²) in [4.78, 5) is 33.9. The number of hydrogen-bond acceptors (Lipinski definition) is 6. The van der Waals surface area contributed by atoms with Crippen LogP contribution in [-0.4, -0.2) is 15.8 Å². The van der Waals surface area contributed by atoms with Crippen molar-refractivity contribution in [3.63, 3.8) is 0 Å². The number of anilines is 2. The predicted octanol–water partition coefficient (Wildman–Crippen LogP) is 0.968. The smallest absolute Gasteiger partial charge is 0.348 e. The highest BCUT2D eigenvalue weighted by Crippen LogP contribution is 2.35. The Hall–Kier alpha value is -2.87. The first kappa shape index (κ1) is 13.1. The van der Waals surface area contributed by atoms with Crippen molar-refractivity contribution < 1.29 is 9.90 Å². The molecular formula is C13H9N3O4S. The Kier molecular flexibility index (Phi) is 2.88. The van der Waals surface area contributed by atoms with E-state index in [1.807, 2.05) is 0 Å². The second kappa shape index (κ2) is 4.60. The molecule has 0 aliphatic rings. The number of aromatic nitrogens is 1. The van der Waals surface area contributed by atoms with E-state index in [4.69, 9.17) is 5.73 Å². The van der Waals surface area contributed by atoms with Crippen LogP contribution in [-0.2, 0) is 0 Å². The highest BCUT2D eigenvalue weighted by molar-refractivity contribution is 7.18. The van der Waals surface area contributed by atoms with E-state index in [2.05, 4.69) is 5.43 Å². The zero-order valence-electron chi connectivity index (χ0n) is 10.5. The van der Waals surface area contributed by atoms with Gasteiger partial charge in [-0.2, -0.15) is 4.68 Å². The van der Waals surface area contributed by atoms with Crippen molar-refractivity contribution in [2.45, 2.75) is 0 Å². The first-order valence-corrected chi connectivity index (χ1v) is 6.67. The van der Waals surface area contributed by atoms with Gasteiger partial charge in [0.15, 0.2) is 0 Å². The van der Waals surface area contributed by atoms with Gasteiger partial charge in [-0.25, -0.2) is 4.79 Å². The number of thiophene rings is 1. The third kappa shape index (κ3) is 2.32. The molecule has 0 fully saturated rings. The SMILES string of the molecule is Nc1ccc(-c2cc(Nn3c(=O)c3=O)c(C(=O)O)s2)cc1. The van der Waals surface area contributed by atoms with Crippen LogP contribution in [0.15, 0.2) is 39.9 Å². The minimum Gasteiger partial charge on any atom is -0.477 e. The molecule has 0 radical (unpaired) electrons. The van der Waals surface area contributed by atoms with Crippen molar-refractivity contribution in [2.24, 2.45) is 0 Å². The maximum atomic E-state index is 11.2. The van der Waals surface area contributed by atoms with Crippen LogP contribution in [0.1, 0.15) is 9.67 Å². The summed E-state index contributed by atoms with van der Waals surface area (Å²) in [6, 6.07) is 8.53. The molecule has 106 valence electrons. The molecule has 0 unspecified atom stereocenters. The van der Waals surface area contributed by atoms with E-state index in [9.17, 15) is 19.5 Å². The maximum absolute atomic E-state index is 11.2. The van der Waals surface area contributed by atoms with Crippen molar-refractivity contribution >= 4 is 28.7 Å². The van der Waals surface area contributed by atoms with Gasteiger partial charge in [-0.15, -0.1) is 11.3 Å². The Morgan fingerprint density at radius 3 is 2.33 bits per heavy atom. The first-order valence-electron chi connectivity index (χ1n) is 5.85. The molecule has 2 heterocycles. The van der Waals surface area contributed by atoms with Crippen LogP contribution in [0, 0.1) is 0 Å². The summed E-state index contributed by atoms with van der Waals surface area (Å²) in [5.74, 6) is -1.13. The molecule has 0 atom stereocenters. The number of carboxylic acid groups (broad SMARTS) is 1. The lowest BCUT2D eigenvalue weighted by Gasteiger charge is -1.98. The molecule has 0 bridgehead atoms. The second-order valence-corrected chi connectivity index (χ2v) is 5.39. The maximum Gasteiger partial charge on any atom is 0.348 e. The molecule has 0 aliphatic heterocycles. The molecule has 0 spiro atoms. The molecule has 0 saturated carbocycles. The second-order valence-electron chi connectivity index (χ2n) is 4.34. The van der Waals surface area contributed by atoms with E-state index >= 15 is 0 Å². The number of rotatable bonds is 4. The van der Waals surface area contributed by atoms with Gasteiger partial charge in [0, 0.05) is 10.6 Å². The Bertz CT molecular complexity index is 875. The predicted molar refractivity (Wildman–Crippen MR) is 79.5 cm³/mol. The number of carboxylic acids is 1. The van der Waals surface area contributed by atoms with E-state index < -0.39 is 17.1 Å². The first-order chi connectivity index (χ1) is 9.97. The Morgan fingerprint density at radius 2 is 1.81 bits per heavy atom. The zero-order valence-corrected chi connectivity index (χ0v) is 11.3.